The van der Waals surface area contributed by atoms with Crippen LogP contribution in [0, 0.1) is 0 Å². The number of carbonyl (C=O) groups is 4. The SMILES string of the molecule is O=C1O[C@@H]2[C@@H](OC(=O)c3cc(O)c(O)c(O)c3-c3c1cc(O)c(O)c3O)[C@@H](O)O[C@@H]1COOC(=O)c3cc(O)c(O)c(O)c3-c3c(O)c(O)c4oc(=O)c5c(c(O)c(O)c6oc(=O)c3c4c65)-c3c(cc(O)c(O)c3O)C(=O)OO[C@H]21. The first kappa shape index (κ1) is 50.9. The lowest BCUT2D eigenvalue weighted by Crippen LogP contribution is -2.62. The van der Waals surface area contributed by atoms with Crippen molar-refractivity contribution in [2.75, 3.05) is 6.61 Å². The van der Waals surface area contributed by atoms with Crippen molar-refractivity contribution in [2.24, 2.45) is 0 Å². The van der Waals surface area contributed by atoms with E-state index in [1.54, 1.807) is 0 Å². The van der Waals surface area contributed by atoms with Crippen LogP contribution < -0.4 is 11.3 Å². The number of phenols is 16. The Hall–Kier alpha value is -11.2. The van der Waals surface area contributed by atoms with Gasteiger partial charge in [-0.05, 0) is 24.3 Å². The highest BCUT2D eigenvalue weighted by molar-refractivity contribution is 6.29. The number of ether oxygens (including phenoxy) is 3. The van der Waals surface area contributed by atoms with Crippen LogP contribution in [0.3, 0.4) is 0 Å². The molecule has 8 aromatic rings. The molecule has 32 nitrogen and oxygen atoms in total. The summed E-state index contributed by atoms with van der Waals surface area (Å²) in [6, 6.07) is 1.38. The van der Waals surface area contributed by atoms with Crippen LogP contribution in [0.25, 0.3) is 66.1 Å². The summed E-state index contributed by atoms with van der Waals surface area (Å²) in [5.41, 5.74) is -18.0. The maximum atomic E-state index is 14.5. The van der Waals surface area contributed by atoms with Crippen LogP contribution in [0.4, 0.5) is 0 Å². The van der Waals surface area contributed by atoms with Gasteiger partial charge in [-0.15, -0.1) is 0 Å². The Morgan fingerprint density at radius 1 is 0.362 bits per heavy atom. The summed E-state index contributed by atoms with van der Waals surface area (Å²) in [6.45, 7) is -1.40. The van der Waals surface area contributed by atoms with Crippen LogP contribution in [0.1, 0.15) is 41.4 Å². The lowest BCUT2D eigenvalue weighted by atomic mass is 9.88. The van der Waals surface area contributed by atoms with Gasteiger partial charge in [0.2, 0.25) is 34.5 Å². The Morgan fingerprint density at radius 3 is 1.10 bits per heavy atom. The average molecular weight is 1120 g/mol. The van der Waals surface area contributed by atoms with Gasteiger partial charge in [0.05, 0.1) is 33.0 Å². The number of rotatable bonds is 0. The molecule has 11 rings (SSSR count). The molecule has 1 saturated heterocycles. The van der Waals surface area contributed by atoms with Crippen LogP contribution in [0.5, 0.6) is 92.0 Å². The first-order valence-corrected chi connectivity index (χ1v) is 22.0. The predicted octanol–water partition coefficient (Wildman–Crippen LogP) is 1.82. The molecule has 3 aliphatic rings. The number of fused-ring (bicyclic) bond motifs is 10. The number of esters is 2. The molecule has 17 N–H and O–H groups in total. The second kappa shape index (κ2) is 17.4. The van der Waals surface area contributed by atoms with E-state index in [0.717, 1.165) is 0 Å². The number of benzene rings is 6. The minimum atomic E-state index is -2.65. The fourth-order valence-electron chi connectivity index (χ4n) is 9.62. The number of phenolic OH excluding ortho intramolecular Hbond substituents is 16. The van der Waals surface area contributed by atoms with E-state index >= 15 is 0 Å². The third kappa shape index (κ3) is 6.96. The Kier molecular flexibility index (Phi) is 11.1. The zero-order valence-corrected chi connectivity index (χ0v) is 38.6. The quantitative estimate of drug-likeness (QED) is 0.0338. The molecule has 0 aliphatic carbocycles. The number of aromatic hydroxyl groups is 16. The van der Waals surface area contributed by atoms with Crippen molar-refractivity contribution in [3.8, 4) is 125 Å². The maximum absolute atomic E-state index is 14.5. The van der Waals surface area contributed by atoms with Gasteiger partial charge in [-0.25, -0.2) is 28.8 Å². The standard InChI is InChI=1S/C48H28O32/c49-10-1-6-15(29(57)25(10)53)16-7(2-11(50)26(54)30(16)58)43(66)77-41-40(76-42(6)65)37-14(73-48(41)71)5-72-79-44(67)8-3-12(51)27(55)31(59)17(8)19-23-21-22-24(47(70)75-38(21)35(63)33(19)61)20(34(62)36(64)39(22)74-46(23)69)18-9(45(68)80-78-37)4-13(52)28(56)32(18)60/h1-4,14,37,40-41,48-64,71H,5H2/t14-,37+,40+,41-,48+/m1/s1. The smallest absolute Gasteiger partial charge is 0.374 e. The van der Waals surface area contributed by atoms with Gasteiger partial charge in [-0.1, -0.05) is 0 Å². The van der Waals surface area contributed by atoms with Crippen LogP contribution >= 0.6 is 0 Å². The van der Waals surface area contributed by atoms with E-state index in [1.165, 1.54) is 0 Å². The van der Waals surface area contributed by atoms with E-state index in [4.69, 9.17) is 42.6 Å². The summed E-state index contributed by atoms with van der Waals surface area (Å²) >= 11 is 0. The Bertz CT molecular complexity index is 4280. The van der Waals surface area contributed by atoms with Crippen molar-refractivity contribution >= 4 is 56.6 Å². The molecule has 1 fully saturated rings. The minimum absolute atomic E-state index is 0.277. The van der Waals surface area contributed by atoms with Crippen molar-refractivity contribution in [1.82, 2.24) is 0 Å². The van der Waals surface area contributed by atoms with Crippen molar-refractivity contribution in [3.63, 3.8) is 0 Å². The average Bonchev–Trinajstić information content (AvgIpc) is 3.49. The summed E-state index contributed by atoms with van der Waals surface area (Å²) < 4.78 is 27.1. The summed E-state index contributed by atoms with van der Waals surface area (Å²) in [7, 11) is 0. The highest BCUT2D eigenvalue weighted by Crippen LogP contribution is 2.59. The van der Waals surface area contributed by atoms with Gasteiger partial charge in [-0.2, -0.15) is 9.78 Å². The molecule has 0 unspecified atom stereocenters. The molecule has 0 radical (unpaired) electrons. The van der Waals surface area contributed by atoms with Crippen molar-refractivity contribution in [3.05, 3.63) is 67.4 Å². The molecule has 6 bridgehead atoms. The van der Waals surface area contributed by atoms with Crippen molar-refractivity contribution in [1.29, 1.82) is 0 Å². The van der Waals surface area contributed by atoms with E-state index in [-0.39, 0.29) is 6.07 Å². The van der Waals surface area contributed by atoms with E-state index in [2.05, 4.69) is 0 Å². The van der Waals surface area contributed by atoms with Crippen molar-refractivity contribution < 1.29 is 149 Å². The lowest BCUT2D eigenvalue weighted by Gasteiger charge is -2.42. The van der Waals surface area contributed by atoms with E-state index < -0.39 is 253 Å². The molecule has 412 valence electrons. The topological polar surface area (TPSA) is 537 Å². The molecular weight excluding hydrogens is 1090 g/mol. The van der Waals surface area contributed by atoms with Crippen molar-refractivity contribution in [2.45, 2.75) is 30.7 Å². The van der Waals surface area contributed by atoms with Crippen LogP contribution in [-0.2, 0) is 33.8 Å². The molecule has 2 aromatic heterocycles. The maximum Gasteiger partial charge on any atom is 0.374 e. The van der Waals surface area contributed by atoms with E-state index in [9.17, 15) is 116 Å². The van der Waals surface area contributed by atoms with Gasteiger partial charge in [0.25, 0.3) is 0 Å². The van der Waals surface area contributed by atoms with Crippen LogP contribution in [-0.4, -0.2) is 148 Å². The van der Waals surface area contributed by atoms with Crippen LogP contribution in [0.15, 0.2) is 42.7 Å². The lowest BCUT2D eigenvalue weighted by molar-refractivity contribution is -0.377. The monoisotopic (exact) mass is 1120 g/mol. The largest absolute Gasteiger partial charge is 0.504 e. The molecular formula is C48H28O32. The summed E-state index contributed by atoms with van der Waals surface area (Å²) in [4.78, 5) is 106. The third-order valence-electron chi connectivity index (χ3n) is 13.2. The fraction of sp³-hybridized carbons (Fsp3) is 0.125. The highest BCUT2D eigenvalue weighted by atomic mass is 17.2. The molecule has 3 aliphatic heterocycles. The van der Waals surface area contributed by atoms with E-state index in [0.29, 0.717) is 18.2 Å². The normalized spacial score (nSPS) is 19.4. The molecule has 80 heavy (non-hydrogen) atoms. The summed E-state index contributed by atoms with van der Waals surface area (Å²) in [5, 5.41) is 184. The highest BCUT2D eigenvalue weighted by Gasteiger charge is 2.54. The summed E-state index contributed by atoms with van der Waals surface area (Å²) in [5.74, 6) is -31.3. The zero-order valence-electron chi connectivity index (χ0n) is 38.6. The number of hydrogen-bond donors (Lipinski definition) is 17. The third-order valence-corrected chi connectivity index (χ3v) is 13.2. The first-order chi connectivity index (χ1) is 37.8. The molecule has 6 aromatic carbocycles. The van der Waals surface area contributed by atoms with E-state index in [1.807, 2.05) is 0 Å². The minimum Gasteiger partial charge on any atom is -0.504 e. The number of hydrogen-bond acceptors (Lipinski definition) is 32. The molecule has 0 spiro atoms. The first-order valence-electron chi connectivity index (χ1n) is 22.0. The van der Waals surface area contributed by atoms with Gasteiger partial charge in [0.1, 0.15) is 12.7 Å². The summed E-state index contributed by atoms with van der Waals surface area (Å²) in [6.07, 6.45) is -12.6. The molecule has 5 atom stereocenters. The molecule has 5 heterocycles. The van der Waals surface area contributed by atoms with Gasteiger partial charge >= 0.3 is 35.1 Å². The van der Waals surface area contributed by atoms with Gasteiger partial charge in [0, 0.05) is 44.2 Å². The second-order valence-corrected chi connectivity index (χ2v) is 17.5. The molecule has 32 heteroatoms. The zero-order chi connectivity index (χ0) is 57.7. The van der Waals surface area contributed by atoms with Gasteiger partial charge in [-0.3, -0.25) is 9.78 Å². The Balaban J connectivity index is 1.17. The second-order valence-electron chi connectivity index (χ2n) is 17.5. The molecule has 0 saturated carbocycles. The Labute approximate surface area is 434 Å². The predicted molar refractivity (Wildman–Crippen MR) is 248 cm³/mol. The van der Waals surface area contributed by atoms with Gasteiger partial charge in [0.15, 0.2) is 93.3 Å². The number of aliphatic hydroxyl groups is 1. The number of carbonyl (C=O) groups excluding carboxylic acids is 4. The van der Waals surface area contributed by atoms with Crippen LogP contribution in [0.2, 0.25) is 0 Å². The fourth-order valence-corrected chi connectivity index (χ4v) is 9.62. The Morgan fingerprint density at radius 2 is 0.700 bits per heavy atom. The number of aliphatic hydroxyl groups excluding tert-OH is 1. The molecule has 0 amide bonds. The van der Waals surface area contributed by atoms with Gasteiger partial charge < -0.3 is 110 Å².